The minimum atomic E-state index is -3.66. The lowest BCUT2D eigenvalue weighted by molar-refractivity contribution is 0.582. The average molecular weight is 331 g/mol. The van der Waals surface area contributed by atoms with E-state index in [0.717, 1.165) is 11.3 Å². The third-order valence-corrected chi connectivity index (χ3v) is 5.69. The third kappa shape index (κ3) is 3.52. The van der Waals surface area contributed by atoms with Crippen LogP contribution in [-0.2, 0) is 23.0 Å². The number of hydrogen-bond donors (Lipinski definition) is 2. The first-order valence-electron chi connectivity index (χ1n) is 6.04. The summed E-state index contributed by atoms with van der Waals surface area (Å²) in [6.07, 6.45) is 0.943. The van der Waals surface area contributed by atoms with E-state index in [2.05, 4.69) is 11.6 Å². The zero-order valence-corrected chi connectivity index (χ0v) is 13.3. The highest BCUT2D eigenvalue weighted by molar-refractivity contribution is 7.89. The number of sulfonamides is 1. The fourth-order valence-electron chi connectivity index (χ4n) is 1.69. The first-order chi connectivity index (χ1) is 9.42. The predicted octanol–water partition coefficient (Wildman–Crippen LogP) is 3.02. The zero-order valence-electron chi connectivity index (χ0n) is 10.9. The Morgan fingerprint density at radius 2 is 1.95 bits per heavy atom. The third-order valence-electron chi connectivity index (χ3n) is 2.77. The Kier molecular flexibility index (Phi) is 4.70. The van der Waals surface area contributed by atoms with Crippen molar-refractivity contribution in [1.29, 1.82) is 0 Å². The van der Waals surface area contributed by atoms with E-state index < -0.39 is 10.0 Å². The molecule has 0 spiro atoms. The summed E-state index contributed by atoms with van der Waals surface area (Å²) in [7, 11) is -3.66. The highest BCUT2D eigenvalue weighted by Crippen LogP contribution is 2.23. The van der Waals surface area contributed by atoms with E-state index in [4.69, 9.17) is 17.3 Å². The number of benzene rings is 1. The molecule has 0 aliphatic rings. The molecular formula is C13H15ClN2O2S2. The van der Waals surface area contributed by atoms with E-state index in [9.17, 15) is 8.42 Å². The van der Waals surface area contributed by atoms with E-state index in [-0.39, 0.29) is 17.1 Å². The Labute approximate surface area is 127 Å². The molecule has 0 radical (unpaired) electrons. The van der Waals surface area contributed by atoms with Gasteiger partial charge in [0, 0.05) is 21.3 Å². The standard InChI is InChI=1S/C13H15ClN2O2S2/c1-2-10-4-5-11(19-10)8-16-20(17,18)13-7-9(14)3-6-12(13)15/h3-7,16H,2,8,15H2,1H3. The van der Waals surface area contributed by atoms with Crippen LogP contribution in [0.5, 0.6) is 0 Å². The second kappa shape index (κ2) is 6.13. The van der Waals surface area contributed by atoms with E-state index in [1.165, 1.54) is 17.0 Å². The molecular weight excluding hydrogens is 316 g/mol. The van der Waals surface area contributed by atoms with Gasteiger partial charge in [0.15, 0.2) is 0 Å². The number of halogens is 1. The molecule has 7 heteroatoms. The summed E-state index contributed by atoms with van der Waals surface area (Å²) in [6, 6.07) is 8.32. The van der Waals surface area contributed by atoms with Gasteiger partial charge >= 0.3 is 0 Å². The second-order valence-corrected chi connectivity index (χ2v) is 7.65. The van der Waals surface area contributed by atoms with Crippen molar-refractivity contribution in [2.75, 3.05) is 5.73 Å². The minimum Gasteiger partial charge on any atom is -0.398 e. The van der Waals surface area contributed by atoms with Crippen molar-refractivity contribution in [1.82, 2.24) is 4.72 Å². The molecule has 2 rings (SSSR count). The number of thiophene rings is 1. The maximum Gasteiger partial charge on any atom is 0.242 e. The fourth-order valence-corrected chi connectivity index (χ4v) is 4.08. The summed E-state index contributed by atoms with van der Waals surface area (Å²) in [5.74, 6) is 0. The largest absolute Gasteiger partial charge is 0.398 e. The molecule has 0 unspecified atom stereocenters. The van der Waals surface area contributed by atoms with Crippen LogP contribution >= 0.6 is 22.9 Å². The summed E-state index contributed by atoms with van der Waals surface area (Å²) in [5, 5.41) is 0.337. The smallest absolute Gasteiger partial charge is 0.242 e. The predicted molar refractivity (Wildman–Crippen MR) is 83.6 cm³/mol. The second-order valence-electron chi connectivity index (χ2n) is 4.23. The van der Waals surface area contributed by atoms with Crippen LogP contribution in [0.15, 0.2) is 35.2 Å². The lowest BCUT2D eigenvalue weighted by Crippen LogP contribution is -2.23. The molecule has 4 nitrogen and oxygen atoms in total. The van der Waals surface area contributed by atoms with Gasteiger partial charge in [0.25, 0.3) is 0 Å². The number of hydrogen-bond acceptors (Lipinski definition) is 4. The molecule has 0 aliphatic heterocycles. The van der Waals surface area contributed by atoms with Crippen molar-refractivity contribution >= 4 is 38.6 Å². The molecule has 0 saturated carbocycles. The van der Waals surface area contributed by atoms with Crippen LogP contribution in [0.1, 0.15) is 16.7 Å². The van der Waals surface area contributed by atoms with Gasteiger partial charge < -0.3 is 5.73 Å². The number of nitrogen functional groups attached to an aromatic ring is 1. The minimum absolute atomic E-state index is 0.0114. The van der Waals surface area contributed by atoms with Gasteiger partial charge in [0.2, 0.25) is 10.0 Å². The number of rotatable bonds is 5. The van der Waals surface area contributed by atoms with Crippen LogP contribution in [-0.4, -0.2) is 8.42 Å². The number of nitrogens with two attached hydrogens (primary N) is 1. The number of aryl methyl sites for hydroxylation is 1. The highest BCUT2D eigenvalue weighted by Gasteiger charge is 2.17. The number of anilines is 1. The van der Waals surface area contributed by atoms with Crippen LogP contribution < -0.4 is 10.5 Å². The monoisotopic (exact) mass is 330 g/mol. The summed E-state index contributed by atoms with van der Waals surface area (Å²) in [5.41, 5.74) is 5.88. The maximum atomic E-state index is 12.2. The topological polar surface area (TPSA) is 72.2 Å². The molecule has 1 aromatic carbocycles. The molecule has 3 N–H and O–H groups in total. The van der Waals surface area contributed by atoms with E-state index in [1.54, 1.807) is 17.4 Å². The van der Waals surface area contributed by atoms with Crippen molar-refractivity contribution in [3.63, 3.8) is 0 Å². The van der Waals surface area contributed by atoms with Gasteiger partial charge in [-0.1, -0.05) is 18.5 Å². The highest BCUT2D eigenvalue weighted by atomic mass is 35.5. The van der Waals surface area contributed by atoms with Gasteiger partial charge in [-0.2, -0.15) is 0 Å². The van der Waals surface area contributed by atoms with Crippen LogP contribution in [0, 0.1) is 0 Å². The summed E-state index contributed by atoms with van der Waals surface area (Å²) >= 11 is 7.41. The molecule has 0 saturated heterocycles. The summed E-state index contributed by atoms with van der Waals surface area (Å²) in [4.78, 5) is 2.20. The Morgan fingerprint density at radius 1 is 1.25 bits per heavy atom. The first kappa shape index (κ1) is 15.3. The summed E-state index contributed by atoms with van der Waals surface area (Å²) in [6.45, 7) is 2.31. The van der Waals surface area contributed by atoms with Crippen LogP contribution in [0.25, 0.3) is 0 Å². The summed E-state index contributed by atoms with van der Waals surface area (Å²) < 4.78 is 27.0. The molecule has 20 heavy (non-hydrogen) atoms. The Hall–Kier alpha value is -1.08. The van der Waals surface area contributed by atoms with Gasteiger partial charge in [-0.15, -0.1) is 11.3 Å². The van der Waals surface area contributed by atoms with Gasteiger partial charge in [-0.3, -0.25) is 0 Å². The van der Waals surface area contributed by atoms with Crippen LogP contribution in [0.4, 0.5) is 5.69 Å². The van der Waals surface area contributed by atoms with Gasteiger partial charge in [-0.25, -0.2) is 13.1 Å². The molecule has 2 aromatic rings. The Morgan fingerprint density at radius 3 is 2.60 bits per heavy atom. The quantitative estimate of drug-likeness (QED) is 0.828. The van der Waals surface area contributed by atoms with Gasteiger partial charge in [0.1, 0.15) is 4.90 Å². The van der Waals surface area contributed by atoms with E-state index in [0.29, 0.717) is 5.02 Å². The molecule has 0 atom stereocenters. The van der Waals surface area contributed by atoms with Crippen LogP contribution in [0.2, 0.25) is 5.02 Å². The molecule has 0 fully saturated rings. The van der Waals surface area contributed by atoms with Gasteiger partial charge in [-0.05, 0) is 36.8 Å². The average Bonchev–Trinajstić information content (AvgIpc) is 2.87. The van der Waals surface area contributed by atoms with E-state index in [1.807, 2.05) is 12.1 Å². The zero-order chi connectivity index (χ0) is 14.8. The molecule has 0 aliphatic carbocycles. The Bertz CT molecular complexity index is 711. The van der Waals surface area contributed by atoms with Crippen molar-refractivity contribution < 1.29 is 8.42 Å². The first-order valence-corrected chi connectivity index (χ1v) is 8.72. The van der Waals surface area contributed by atoms with Crippen molar-refractivity contribution in [2.45, 2.75) is 24.8 Å². The normalized spacial score (nSPS) is 11.7. The number of nitrogens with one attached hydrogen (secondary N) is 1. The molecule has 0 bridgehead atoms. The SMILES string of the molecule is CCc1ccc(CNS(=O)(=O)c2cc(Cl)ccc2N)s1. The van der Waals surface area contributed by atoms with Crippen molar-refractivity contribution in [3.8, 4) is 0 Å². The molecule has 108 valence electrons. The van der Waals surface area contributed by atoms with Crippen LogP contribution in [0.3, 0.4) is 0 Å². The van der Waals surface area contributed by atoms with Crippen molar-refractivity contribution in [2.24, 2.45) is 0 Å². The van der Waals surface area contributed by atoms with E-state index >= 15 is 0 Å². The molecule has 1 heterocycles. The van der Waals surface area contributed by atoms with Gasteiger partial charge in [0.05, 0.1) is 5.69 Å². The van der Waals surface area contributed by atoms with Crippen molar-refractivity contribution in [3.05, 3.63) is 45.1 Å². The molecule has 1 aromatic heterocycles. The lowest BCUT2D eigenvalue weighted by atomic mass is 10.3. The fraction of sp³-hybridized carbons (Fsp3) is 0.231. The maximum absolute atomic E-state index is 12.2. The molecule has 0 amide bonds. The Balaban J connectivity index is 2.17. The lowest BCUT2D eigenvalue weighted by Gasteiger charge is -2.08.